The molecule has 0 amide bonds. The summed E-state index contributed by atoms with van der Waals surface area (Å²) in [6, 6.07) is 0. The van der Waals surface area contributed by atoms with Gasteiger partial charge in [-0.1, -0.05) is 0 Å². The quantitative estimate of drug-likeness (QED) is 0.327. The van der Waals surface area contributed by atoms with Crippen molar-refractivity contribution >= 4 is 13.9 Å². The SMILES string of the molecule is C[P+](CCP(C)(C)(C1CCCCC1)C1CCCCC1)(C1CCCCC1)C1CCCCC1. The second-order valence-electron chi connectivity index (χ2n) is 13.6. The van der Waals surface area contributed by atoms with Gasteiger partial charge in [0.25, 0.3) is 0 Å². The van der Waals surface area contributed by atoms with Crippen molar-refractivity contribution in [3.8, 4) is 0 Å². The summed E-state index contributed by atoms with van der Waals surface area (Å²) in [5.74, 6) is 0. The molecule has 0 saturated heterocycles. The van der Waals surface area contributed by atoms with Gasteiger partial charge >= 0.3 is 197 Å². The molecule has 0 spiro atoms. The van der Waals surface area contributed by atoms with Crippen LogP contribution in [-0.4, -0.2) is 55.0 Å². The van der Waals surface area contributed by atoms with Crippen molar-refractivity contribution in [2.75, 3.05) is 32.3 Å². The van der Waals surface area contributed by atoms with Gasteiger partial charge in [-0.3, -0.25) is 0 Å². The van der Waals surface area contributed by atoms with E-state index in [0.717, 1.165) is 22.6 Å². The molecule has 0 N–H and O–H groups in total. The standard InChI is InChI=1S/C29H57P2/c1-30(26-16-8-4-9-17-26,27-18-10-5-11-19-27)24-25-31(2,3,28-20-12-6-13-21-28)29-22-14-7-15-23-29/h26-29H,4-25H2,1-3H3/q+1. The van der Waals surface area contributed by atoms with Crippen LogP contribution < -0.4 is 0 Å². The average Bonchev–Trinajstić information content (AvgIpc) is 2.85. The van der Waals surface area contributed by atoms with Crippen LogP contribution in [0.5, 0.6) is 0 Å². The maximum absolute atomic E-state index is 2.98. The molecule has 0 aromatic carbocycles. The molecule has 0 radical (unpaired) electrons. The van der Waals surface area contributed by atoms with Crippen LogP contribution in [0.1, 0.15) is 128 Å². The van der Waals surface area contributed by atoms with Gasteiger partial charge in [-0.25, -0.2) is 0 Å². The Labute approximate surface area is 197 Å². The predicted octanol–water partition coefficient (Wildman–Crippen LogP) is 9.78. The number of hydrogen-bond donors (Lipinski definition) is 0. The molecule has 0 bridgehead atoms. The zero-order valence-electron chi connectivity index (χ0n) is 21.8. The van der Waals surface area contributed by atoms with Crippen molar-refractivity contribution in [3.63, 3.8) is 0 Å². The molecule has 0 aromatic heterocycles. The summed E-state index contributed by atoms with van der Waals surface area (Å²) in [7, 11) is -0.829. The van der Waals surface area contributed by atoms with Gasteiger partial charge in [-0.05, 0) is 0 Å². The summed E-state index contributed by atoms with van der Waals surface area (Å²) < 4.78 is 0. The van der Waals surface area contributed by atoms with E-state index in [1.807, 2.05) is 0 Å². The molecule has 4 saturated carbocycles. The summed E-state index contributed by atoms with van der Waals surface area (Å²) in [6.45, 7) is 7.23. The van der Waals surface area contributed by atoms with Gasteiger partial charge in [-0.15, -0.1) is 0 Å². The minimum atomic E-state index is -1.66. The fourth-order valence-electron chi connectivity index (χ4n) is 9.06. The first kappa shape index (κ1) is 25.0. The third-order valence-electron chi connectivity index (χ3n) is 11.7. The van der Waals surface area contributed by atoms with Crippen LogP contribution in [0.3, 0.4) is 0 Å². The van der Waals surface area contributed by atoms with Crippen LogP contribution >= 0.6 is 13.9 Å². The molecular formula is C29H57P2+. The molecule has 31 heavy (non-hydrogen) atoms. The first-order chi connectivity index (χ1) is 14.9. The van der Waals surface area contributed by atoms with Gasteiger partial charge < -0.3 is 0 Å². The van der Waals surface area contributed by atoms with Gasteiger partial charge in [0.2, 0.25) is 0 Å². The molecule has 0 unspecified atom stereocenters. The van der Waals surface area contributed by atoms with E-state index in [4.69, 9.17) is 0 Å². The van der Waals surface area contributed by atoms with Crippen molar-refractivity contribution in [2.45, 2.75) is 151 Å². The second-order valence-corrected chi connectivity index (χ2v) is 25.4. The average molecular weight is 468 g/mol. The molecule has 182 valence electrons. The fraction of sp³-hybridized carbons (Fsp3) is 1.00. The van der Waals surface area contributed by atoms with Gasteiger partial charge in [0.05, 0.1) is 0 Å². The summed E-state index contributed by atoms with van der Waals surface area (Å²) in [4.78, 5) is 0. The molecule has 4 fully saturated rings. The van der Waals surface area contributed by atoms with E-state index in [-0.39, 0.29) is 0 Å². The fourth-order valence-corrected chi connectivity index (χ4v) is 23.2. The van der Waals surface area contributed by atoms with Crippen LogP contribution in [-0.2, 0) is 0 Å². The Hall–Kier alpha value is 0.860. The molecule has 0 aromatic rings. The molecule has 0 aliphatic heterocycles. The van der Waals surface area contributed by atoms with Crippen molar-refractivity contribution < 1.29 is 0 Å². The third kappa shape index (κ3) is 5.42. The van der Waals surface area contributed by atoms with Crippen LogP contribution in [0, 0.1) is 0 Å². The normalized spacial score (nSPS) is 28.3. The Morgan fingerprint density at radius 2 is 0.839 bits per heavy atom. The monoisotopic (exact) mass is 467 g/mol. The zero-order valence-corrected chi connectivity index (χ0v) is 23.5. The van der Waals surface area contributed by atoms with E-state index < -0.39 is 13.9 Å². The van der Waals surface area contributed by atoms with E-state index in [0.29, 0.717) is 0 Å². The van der Waals surface area contributed by atoms with Crippen molar-refractivity contribution in [1.82, 2.24) is 0 Å². The van der Waals surface area contributed by atoms with Crippen LogP contribution in [0.2, 0.25) is 0 Å². The predicted molar refractivity (Wildman–Crippen MR) is 149 cm³/mol. The third-order valence-corrected chi connectivity index (χ3v) is 25.0. The van der Waals surface area contributed by atoms with E-state index in [9.17, 15) is 0 Å². The maximum atomic E-state index is 2.98. The van der Waals surface area contributed by atoms with Crippen LogP contribution in [0.4, 0.5) is 0 Å². The van der Waals surface area contributed by atoms with Gasteiger partial charge in [0.1, 0.15) is 0 Å². The first-order valence-corrected chi connectivity index (χ1v) is 20.8. The van der Waals surface area contributed by atoms with Crippen molar-refractivity contribution in [2.24, 2.45) is 0 Å². The molecule has 0 heterocycles. The second kappa shape index (κ2) is 10.6. The van der Waals surface area contributed by atoms with E-state index in [2.05, 4.69) is 20.0 Å². The summed E-state index contributed by atoms with van der Waals surface area (Å²) >= 11 is 0. The van der Waals surface area contributed by atoms with Gasteiger partial charge in [-0.2, -0.15) is 0 Å². The summed E-state index contributed by atoms with van der Waals surface area (Å²) in [6.07, 6.45) is 34.8. The summed E-state index contributed by atoms with van der Waals surface area (Å²) in [5.41, 5.74) is 4.58. The van der Waals surface area contributed by atoms with Crippen molar-refractivity contribution in [1.29, 1.82) is 0 Å². The molecule has 2 heteroatoms. The van der Waals surface area contributed by atoms with Crippen molar-refractivity contribution in [3.05, 3.63) is 0 Å². The van der Waals surface area contributed by atoms with E-state index in [1.54, 1.807) is 115 Å². The van der Waals surface area contributed by atoms with Crippen LogP contribution in [0.15, 0.2) is 0 Å². The minimum absolute atomic E-state index is 0.829. The van der Waals surface area contributed by atoms with E-state index in [1.165, 1.54) is 25.7 Å². The Bertz CT molecular complexity index is 503. The molecule has 0 nitrogen and oxygen atoms in total. The summed E-state index contributed by atoms with van der Waals surface area (Å²) in [5, 5.41) is 0. The Morgan fingerprint density at radius 3 is 1.19 bits per heavy atom. The first-order valence-electron chi connectivity index (χ1n) is 14.8. The molecule has 4 rings (SSSR count). The number of rotatable bonds is 7. The zero-order chi connectivity index (χ0) is 21.8. The van der Waals surface area contributed by atoms with E-state index >= 15 is 0 Å². The molecule has 4 aliphatic rings. The van der Waals surface area contributed by atoms with Gasteiger partial charge in [0.15, 0.2) is 0 Å². The Balaban J connectivity index is 1.59. The molecule has 0 atom stereocenters. The Kier molecular flexibility index (Phi) is 8.57. The Morgan fingerprint density at radius 1 is 0.516 bits per heavy atom. The van der Waals surface area contributed by atoms with Gasteiger partial charge in [0, 0.05) is 0 Å². The number of hydrogen-bond acceptors (Lipinski definition) is 0. The molecule has 4 aliphatic carbocycles. The topological polar surface area (TPSA) is 0 Å². The molecular weight excluding hydrogens is 410 g/mol. The van der Waals surface area contributed by atoms with Crippen LogP contribution in [0.25, 0.3) is 0 Å².